The Hall–Kier alpha value is -2.37. The number of hydrogen-bond donors (Lipinski definition) is 2. The van der Waals surface area contributed by atoms with Crippen molar-refractivity contribution in [3.8, 4) is 0 Å². The summed E-state index contributed by atoms with van der Waals surface area (Å²) in [5.74, 6) is -0.746. The van der Waals surface area contributed by atoms with Crippen LogP contribution in [-0.2, 0) is 6.54 Å². The lowest BCUT2D eigenvalue weighted by Gasteiger charge is -2.16. The van der Waals surface area contributed by atoms with E-state index in [9.17, 15) is 9.18 Å². The van der Waals surface area contributed by atoms with Crippen molar-refractivity contribution in [1.29, 1.82) is 0 Å². The molecule has 2 rings (SSSR count). The Kier molecular flexibility index (Phi) is 4.34. The molecule has 2 N–H and O–H groups in total. The fourth-order valence-corrected chi connectivity index (χ4v) is 2.03. The first-order chi connectivity index (χ1) is 9.61. The highest BCUT2D eigenvalue weighted by Gasteiger charge is 2.16. The Bertz CT molecular complexity index is 583. The highest BCUT2D eigenvalue weighted by Crippen LogP contribution is 2.19. The number of imidazole rings is 1. The number of para-hydroxylation sites is 1. The first-order valence-electron chi connectivity index (χ1n) is 6.34. The zero-order chi connectivity index (χ0) is 14.5. The van der Waals surface area contributed by atoms with Gasteiger partial charge in [-0.3, -0.25) is 4.79 Å². The van der Waals surface area contributed by atoms with Gasteiger partial charge in [0.1, 0.15) is 5.82 Å². The Balaban J connectivity index is 2.06. The molecule has 0 bridgehead atoms. The zero-order valence-corrected chi connectivity index (χ0v) is 11.4. The van der Waals surface area contributed by atoms with Gasteiger partial charge in [0.25, 0.3) is 5.91 Å². The Morgan fingerprint density at radius 3 is 2.95 bits per heavy atom. The number of amides is 1. The van der Waals surface area contributed by atoms with Crippen LogP contribution in [0.25, 0.3) is 0 Å². The van der Waals surface area contributed by atoms with Crippen molar-refractivity contribution in [2.75, 3.05) is 12.4 Å². The molecule has 0 aliphatic heterocycles. The van der Waals surface area contributed by atoms with Gasteiger partial charge >= 0.3 is 0 Å². The van der Waals surface area contributed by atoms with Crippen molar-refractivity contribution in [2.24, 2.45) is 0 Å². The summed E-state index contributed by atoms with van der Waals surface area (Å²) in [6.07, 6.45) is 5.19. The van der Waals surface area contributed by atoms with Crippen molar-refractivity contribution < 1.29 is 9.18 Å². The number of benzene rings is 1. The quantitative estimate of drug-likeness (QED) is 0.876. The summed E-state index contributed by atoms with van der Waals surface area (Å²) < 4.78 is 15.5. The smallest absolute Gasteiger partial charge is 0.253 e. The molecule has 0 saturated carbocycles. The Morgan fingerprint density at radius 2 is 2.30 bits per heavy atom. The third kappa shape index (κ3) is 3.14. The van der Waals surface area contributed by atoms with Crippen molar-refractivity contribution >= 4 is 11.6 Å². The Morgan fingerprint density at radius 1 is 1.50 bits per heavy atom. The predicted octanol–water partition coefficient (Wildman–Crippen LogP) is 1.88. The molecule has 20 heavy (non-hydrogen) atoms. The molecule has 1 aromatic heterocycles. The van der Waals surface area contributed by atoms with Crippen LogP contribution >= 0.6 is 0 Å². The van der Waals surface area contributed by atoms with Crippen molar-refractivity contribution in [3.63, 3.8) is 0 Å². The molecule has 1 amide bonds. The third-order valence-corrected chi connectivity index (χ3v) is 2.93. The maximum Gasteiger partial charge on any atom is 0.253 e. The molecule has 2 aromatic rings. The molecule has 0 saturated heterocycles. The number of rotatable bonds is 5. The van der Waals surface area contributed by atoms with Crippen LogP contribution in [0.15, 0.2) is 36.9 Å². The topological polar surface area (TPSA) is 59.0 Å². The molecule has 0 aliphatic carbocycles. The van der Waals surface area contributed by atoms with E-state index in [0.29, 0.717) is 12.1 Å². The lowest BCUT2D eigenvalue weighted by Crippen LogP contribution is -2.35. The minimum absolute atomic E-state index is 0.0929. The summed E-state index contributed by atoms with van der Waals surface area (Å²) in [6.45, 7) is 2.49. The highest BCUT2D eigenvalue weighted by atomic mass is 19.1. The SMILES string of the molecule is CNc1c(F)cccc1C(=O)NC(C)Cn1ccnc1. The molecule has 1 atom stereocenters. The van der Waals surface area contributed by atoms with Gasteiger partial charge < -0.3 is 15.2 Å². The van der Waals surface area contributed by atoms with Crippen molar-refractivity contribution in [2.45, 2.75) is 19.5 Å². The number of hydrogen-bond acceptors (Lipinski definition) is 3. The maximum absolute atomic E-state index is 13.6. The van der Waals surface area contributed by atoms with E-state index in [1.807, 2.05) is 17.7 Å². The molecule has 0 radical (unpaired) electrons. The van der Waals surface area contributed by atoms with Crippen LogP contribution in [-0.4, -0.2) is 28.5 Å². The highest BCUT2D eigenvalue weighted by molar-refractivity contribution is 5.99. The number of halogens is 1. The van der Waals surface area contributed by atoms with Gasteiger partial charge in [0, 0.05) is 32.0 Å². The summed E-state index contributed by atoms with van der Waals surface area (Å²) >= 11 is 0. The lowest BCUT2D eigenvalue weighted by atomic mass is 10.1. The molecule has 106 valence electrons. The number of nitrogens with one attached hydrogen (secondary N) is 2. The minimum atomic E-state index is -0.442. The minimum Gasteiger partial charge on any atom is -0.385 e. The van der Waals surface area contributed by atoms with E-state index >= 15 is 0 Å². The molecular weight excluding hydrogens is 259 g/mol. The number of aromatic nitrogens is 2. The van der Waals surface area contributed by atoms with E-state index in [1.165, 1.54) is 12.1 Å². The summed E-state index contributed by atoms with van der Waals surface area (Å²) in [5, 5.41) is 5.55. The first kappa shape index (κ1) is 14.0. The van der Waals surface area contributed by atoms with Crippen molar-refractivity contribution in [3.05, 3.63) is 48.3 Å². The van der Waals surface area contributed by atoms with Crippen LogP contribution in [0.1, 0.15) is 17.3 Å². The Labute approximate surface area is 116 Å². The van der Waals surface area contributed by atoms with Crippen molar-refractivity contribution in [1.82, 2.24) is 14.9 Å². The number of carbonyl (C=O) groups excluding carboxylic acids is 1. The molecule has 0 fully saturated rings. The van der Waals surface area contributed by atoms with Crippen LogP contribution < -0.4 is 10.6 Å². The lowest BCUT2D eigenvalue weighted by molar-refractivity contribution is 0.0937. The van der Waals surface area contributed by atoms with Crippen LogP contribution in [0.2, 0.25) is 0 Å². The molecular formula is C14H17FN4O. The van der Waals surface area contributed by atoms with Gasteiger partial charge in [-0.1, -0.05) is 6.07 Å². The summed E-state index contributed by atoms with van der Waals surface area (Å²) in [7, 11) is 1.59. The molecule has 6 heteroatoms. The molecule has 1 aromatic carbocycles. The number of anilines is 1. The summed E-state index contributed by atoms with van der Waals surface area (Å²) in [5.41, 5.74) is 0.504. The van der Waals surface area contributed by atoms with Gasteiger partial charge in [0.05, 0.1) is 17.6 Å². The zero-order valence-electron chi connectivity index (χ0n) is 11.4. The van der Waals surface area contributed by atoms with Crippen LogP contribution in [0.3, 0.4) is 0 Å². The molecule has 1 heterocycles. The van der Waals surface area contributed by atoms with E-state index in [2.05, 4.69) is 15.6 Å². The summed E-state index contributed by atoms with van der Waals surface area (Å²) in [4.78, 5) is 16.1. The van der Waals surface area contributed by atoms with E-state index < -0.39 is 5.82 Å². The monoisotopic (exact) mass is 276 g/mol. The van der Waals surface area contributed by atoms with Gasteiger partial charge in [0.15, 0.2) is 0 Å². The fraction of sp³-hybridized carbons (Fsp3) is 0.286. The second kappa shape index (κ2) is 6.18. The molecule has 0 spiro atoms. The molecule has 0 aliphatic rings. The average Bonchev–Trinajstić information content (AvgIpc) is 2.90. The van der Waals surface area contributed by atoms with Gasteiger partial charge in [-0.05, 0) is 19.1 Å². The van der Waals surface area contributed by atoms with Crippen LogP contribution in [0.5, 0.6) is 0 Å². The predicted molar refractivity (Wildman–Crippen MR) is 75.1 cm³/mol. The van der Waals surface area contributed by atoms with E-state index in [4.69, 9.17) is 0 Å². The first-order valence-corrected chi connectivity index (χ1v) is 6.34. The van der Waals surface area contributed by atoms with E-state index in [0.717, 1.165) is 0 Å². The van der Waals surface area contributed by atoms with E-state index in [1.54, 1.807) is 25.6 Å². The summed E-state index contributed by atoms with van der Waals surface area (Å²) in [6, 6.07) is 4.34. The molecule has 5 nitrogen and oxygen atoms in total. The fourth-order valence-electron chi connectivity index (χ4n) is 2.03. The maximum atomic E-state index is 13.6. The average molecular weight is 276 g/mol. The standard InChI is InChI=1S/C14H17FN4O/c1-10(8-19-7-6-17-9-19)18-14(20)11-4-3-5-12(15)13(11)16-2/h3-7,9-10,16H,8H2,1-2H3,(H,18,20). The second-order valence-corrected chi connectivity index (χ2v) is 4.55. The number of carbonyl (C=O) groups is 1. The second-order valence-electron chi connectivity index (χ2n) is 4.55. The van der Waals surface area contributed by atoms with Gasteiger partial charge in [0.2, 0.25) is 0 Å². The van der Waals surface area contributed by atoms with Crippen LogP contribution in [0.4, 0.5) is 10.1 Å². The normalized spacial score (nSPS) is 11.9. The molecule has 1 unspecified atom stereocenters. The van der Waals surface area contributed by atoms with Gasteiger partial charge in [-0.15, -0.1) is 0 Å². The largest absolute Gasteiger partial charge is 0.385 e. The van der Waals surface area contributed by atoms with Gasteiger partial charge in [-0.2, -0.15) is 0 Å². The van der Waals surface area contributed by atoms with Crippen LogP contribution in [0, 0.1) is 5.82 Å². The third-order valence-electron chi connectivity index (χ3n) is 2.93. The van der Waals surface area contributed by atoms with Gasteiger partial charge in [-0.25, -0.2) is 9.37 Å². The number of nitrogens with zero attached hydrogens (tertiary/aromatic N) is 2. The van der Waals surface area contributed by atoms with E-state index in [-0.39, 0.29) is 17.6 Å².